The Labute approximate surface area is 133 Å². The molecule has 6 N–H and O–H groups in total. The SMILES string of the molecule is CCC(c1cc(N)cc(C(=O)O)c1)c1cc(N)cc(C(=O)O)c1. The van der Waals surface area contributed by atoms with Crippen molar-refractivity contribution in [3.05, 3.63) is 58.7 Å². The van der Waals surface area contributed by atoms with Crippen LogP contribution in [0.5, 0.6) is 0 Å². The molecule has 0 aromatic heterocycles. The van der Waals surface area contributed by atoms with Gasteiger partial charge in [0.15, 0.2) is 0 Å². The van der Waals surface area contributed by atoms with Crippen LogP contribution in [0.3, 0.4) is 0 Å². The third-order valence-corrected chi connectivity index (χ3v) is 3.66. The lowest BCUT2D eigenvalue weighted by atomic mass is 9.87. The van der Waals surface area contributed by atoms with Crippen LogP contribution >= 0.6 is 0 Å². The van der Waals surface area contributed by atoms with E-state index >= 15 is 0 Å². The fraction of sp³-hybridized carbons (Fsp3) is 0.176. The molecule has 2 aromatic carbocycles. The van der Waals surface area contributed by atoms with Crippen LogP contribution in [0.1, 0.15) is 51.1 Å². The predicted molar refractivity (Wildman–Crippen MR) is 87.8 cm³/mol. The lowest BCUT2D eigenvalue weighted by Gasteiger charge is -2.18. The Morgan fingerprint density at radius 1 is 0.870 bits per heavy atom. The van der Waals surface area contributed by atoms with Crippen molar-refractivity contribution >= 4 is 23.3 Å². The maximum Gasteiger partial charge on any atom is 0.335 e. The molecule has 0 atom stereocenters. The van der Waals surface area contributed by atoms with E-state index in [1.165, 1.54) is 12.1 Å². The van der Waals surface area contributed by atoms with Gasteiger partial charge in [-0.25, -0.2) is 9.59 Å². The van der Waals surface area contributed by atoms with E-state index in [1.807, 2.05) is 6.92 Å². The molecule has 23 heavy (non-hydrogen) atoms. The first-order valence-electron chi connectivity index (χ1n) is 7.09. The summed E-state index contributed by atoms with van der Waals surface area (Å²) in [6, 6.07) is 9.28. The van der Waals surface area contributed by atoms with Gasteiger partial charge in [-0.3, -0.25) is 0 Å². The Morgan fingerprint density at radius 2 is 1.26 bits per heavy atom. The van der Waals surface area contributed by atoms with E-state index in [9.17, 15) is 9.59 Å². The number of hydrogen-bond acceptors (Lipinski definition) is 4. The Balaban J connectivity index is 2.56. The fourth-order valence-corrected chi connectivity index (χ4v) is 2.67. The summed E-state index contributed by atoms with van der Waals surface area (Å²) in [7, 11) is 0. The second-order valence-electron chi connectivity index (χ2n) is 5.35. The average Bonchev–Trinajstić information content (AvgIpc) is 2.46. The highest BCUT2D eigenvalue weighted by Gasteiger charge is 2.17. The van der Waals surface area contributed by atoms with Gasteiger partial charge in [-0.2, -0.15) is 0 Å². The Kier molecular flexibility index (Phi) is 4.55. The van der Waals surface area contributed by atoms with Crippen molar-refractivity contribution in [1.82, 2.24) is 0 Å². The number of nitrogen functional groups attached to an aromatic ring is 2. The molecule has 6 heteroatoms. The van der Waals surface area contributed by atoms with Crippen LogP contribution in [0.2, 0.25) is 0 Å². The number of carbonyl (C=O) groups is 2. The minimum atomic E-state index is -1.06. The summed E-state index contributed by atoms with van der Waals surface area (Å²) in [5.41, 5.74) is 13.9. The van der Waals surface area contributed by atoms with Crippen molar-refractivity contribution in [3.63, 3.8) is 0 Å². The van der Waals surface area contributed by atoms with Crippen molar-refractivity contribution in [2.45, 2.75) is 19.3 Å². The minimum Gasteiger partial charge on any atom is -0.478 e. The van der Waals surface area contributed by atoms with Crippen LogP contribution in [0.15, 0.2) is 36.4 Å². The first-order valence-corrected chi connectivity index (χ1v) is 7.09. The van der Waals surface area contributed by atoms with E-state index in [-0.39, 0.29) is 17.0 Å². The molecule has 0 heterocycles. The minimum absolute atomic E-state index is 0.0980. The molecule has 6 nitrogen and oxygen atoms in total. The number of benzene rings is 2. The molecule has 2 rings (SSSR count). The van der Waals surface area contributed by atoms with Crippen LogP contribution < -0.4 is 11.5 Å². The van der Waals surface area contributed by atoms with E-state index in [4.69, 9.17) is 21.7 Å². The van der Waals surface area contributed by atoms with Crippen molar-refractivity contribution in [3.8, 4) is 0 Å². The molecule has 0 unspecified atom stereocenters. The molecule has 0 aliphatic rings. The molecule has 0 saturated carbocycles. The number of hydrogen-bond donors (Lipinski definition) is 4. The molecular formula is C17H18N2O4. The van der Waals surface area contributed by atoms with Crippen LogP contribution in [0, 0.1) is 0 Å². The predicted octanol–water partition coefficient (Wildman–Crippen LogP) is 2.79. The molecule has 2 aromatic rings. The van der Waals surface area contributed by atoms with Gasteiger partial charge in [-0.15, -0.1) is 0 Å². The van der Waals surface area contributed by atoms with E-state index in [0.717, 1.165) is 0 Å². The third kappa shape index (κ3) is 3.60. The van der Waals surface area contributed by atoms with Gasteiger partial charge in [0.1, 0.15) is 0 Å². The molecule has 0 aliphatic carbocycles. The molecule has 120 valence electrons. The second kappa shape index (κ2) is 6.39. The smallest absolute Gasteiger partial charge is 0.335 e. The molecule has 0 fully saturated rings. The summed E-state index contributed by atoms with van der Waals surface area (Å²) < 4.78 is 0. The summed E-state index contributed by atoms with van der Waals surface area (Å²) in [6.07, 6.45) is 0.644. The summed E-state index contributed by atoms with van der Waals surface area (Å²) in [5.74, 6) is -2.32. The molecule has 0 radical (unpaired) electrons. The third-order valence-electron chi connectivity index (χ3n) is 3.66. The van der Waals surface area contributed by atoms with E-state index in [0.29, 0.717) is 28.9 Å². The van der Waals surface area contributed by atoms with Gasteiger partial charge in [0.05, 0.1) is 11.1 Å². The first-order chi connectivity index (χ1) is 10.8. The summed E-state index contributed by atoms with van der Waals surface area (Å²) in [5, 5.41) is 18.3. The number of carboxylic acids is 2. The quantitative estimate of drug-likeness (QED) is 0.628. The van der Waals surface area contributed by atoms with Crippen molar-refractivity contribution in [2.24, 2.45) is 0 Å². The standard InChI is InChI=1S/C17H18N2O4/c1-2-15(9-3-11(16(20)21)7-13(18)5-9)10-4-12(17(22)23)8-14(19)6-10/h3-8,15H,2,18-19H2,1H3,(H,20,21)(H,22,23). The summed E-state index contributed by atoms with van der Waals surface area (Å²) >= 11 is 0. The van der Waals surface area contributed by atoms with E-state index < -0.39 is 11.9 Å². The zero-order valence-corrected chi connectivity index (χ0v) is 12.6. The van der Waals surface area contributed by atoms with Gasteiger partial charge in [0.2, 0.25) is 0 Å². The topological polar surface area (TPSA) is 127 Å². The number of rotatable bonds is 5. The number of anilines is 2. The van der Waals surface area contributed by atoms with E-state index in [2.05, 4.69) is 0 Å². The molecule has 0 saturated heterocycles. The Hall–Kier alpha value is -3.02. The molecular weight excluding hydrogens is 296 g/mol. The van der Waals surface area contributed by atoms with Crippen molar-refractivity contribution < 1.29 is 19.8 Å². The van der Waals surface area contributed by atoms with Crippen molar-refractivity contribution in [1.29, 1.82) is 0 Å². The summed E-state index contributed by atoms with van der Waals surface area (Å²) in [4.78, 5) is 22.4. The zero-order valence-electron chi connectivity index (χ0n) is 12.6. The largest absolute Gasteiger partial charge is 0.478 e. The second-order valence-corrected chi connectivity index (χ2v) is 5.35. The van der Waals surface area contributed by atoms with Gasteiger partial charge in [-0.1, -0.05) is 6.92 Å². The monoisotopic (exact) mass is 314 g/mol. The van der Waals surface area contributed by atoms with Gasteiger partial charge in [0, 0.05) is 17.3 Å². The molecule has 0 amide bonds. The molecule has 0 spiro atoms. The average molecular weight is 314 g/mol. The van der Waals surface area contributed by atoms with Gasteiger partial charge < -0.3 is 21.7 Å². The lowest BCUT2D eigenvalue weighted by Crippen LogP contribution is -2.07. The maximum atomic E-state index is 11.2. The number of nitrogens with two attached hydrogens (primary N) is 2. The number of aromatic carboxylic acids is 2. The van der Waals surface area contributed by atoms with E-state index in [1.54, 1.807) is 24.3 Å². The van der Waals surface area contributed by atoms with Gasteiger partial charge in [0.25, 0.3) is 0 Å². The van der Waals surface area contributed by atoms with Gasteiger partial charge in [-0.05, 0) is 53.9 Å². The van der Waals surface area contributed by atoms with Gasteiger partial charge >= 0.3 is 11.9 Å². The van der Waals surface area contributed by atoms with Crippen LogP contribution in [0.4, 0.5) is 11.4 Å². The molecule has 0 aliphatic heterocycles. The fourth-order valence-electron chi connectivity index (χ4n) is 2.67. The highest BCUT2D eigenvalue weighted by molar-refractivity contribution is 5.90. The van der Waals surface area contributed by atoms with Crippen molar-refractivity contribution in [2.75, 3.05) is 11.5 Å². The maximum absolute atomic E-state index is 11.2. The van der Waals surface area contributed by atoms with Crippen LogP contribution in [-0.2, 0) is 0 Å². The highest BCUT2D eigenvalue weighted by Crippen LogP contribution is 2.32. The lowest BCUT2D eigenvalue weighted by molar-refractivity contribution is 0.0686. The zero-order chi connectivity index (χ0) is 17.1. The summed E-state index contributed by atoms with van der Waals surface area (Å²) in [6.45, 7) is 1.93. The van der Waals surface area contributed by atoms with Crippen LogP contribution in [0.25, 0.3) is 0 Å². The Bertz CT molecular complexity index is 708. The molecule has 0 bridgehead atoms. The first kappa shape index (κ1) is 16.4. The normalized spacial score (nSPS) is 10.7. The Morgan fingerprint density at radius 3 is 1.57 bits per heavy atom. The van der Waals surface area contributed by atoms with Crippen LogP contribution in [-0.4, -0.2) is 22.2 Å². The number of carboxylic acid groups (broad SMARTS) is 2. The highest BCUT2D eigenvalue weighted by atomic mass is 16.4.